The van der Waals surface area contributed by atoms with Gasteiger partial charge < -0.3 is 34.6 Å². The summed E-state index contributed by atoms with van der Waals surface area (Å²) >= 11 is 0. The third kappa shape index (κ3) is 6.75. The van der Waals surface area contributed by atoms with Crippen LogP contribution in [0, 0.1) is 5.82 Å². The van der Waals surface area contributed by atoms with E-state index in [1.54, 1.807) is 43.5 Å². The summed E-state index contributed by atoms with van der Waals surface area (Å²) in [5.74, 6) is 2.24. The maximum atomic E-state index is 15.4. The monoisotopic (exact) mass is 613 g/mol. The van der Waals surface area contributed by atoms with E-state index in [0.717, 1.165) is 43.9 Å². The topological polar surface area (TPSA) is 114 Å². The van der Waals surface area contributed by atoms with E-state index in [1.807, 2.05) is 18.2 Å². The Morgan fingerprint density at radius 3 is 2.56 bits per heavy atom. The predicted molar refractivity (Wildman–Crippen MR) is 171 cm³/mol. The first-order chi connectivity index (χ1) is 21.9. The van der Waals surface area contributed by atoms with E-state index in [2.05, 4.69) is 37.1 Å². The number of hydrogen-bond donors (Lipinski definition) is 2. The van der Waals surface area contributed by atoms with Crippen molar-refractivity contribution in [2.24, 2.45) is 0 Å². The van der Waals surface area contributed by atoms with Gasteiger partial charge in [-0.1, -0.05) is 6.58 Å². The van der Waals surface area contributed by atoms with Gasteiger partial charge in [-0.3, -0.25) is 4.79 Å². The van der Waals surface area contributed by atoms with Gasteiger partial charge in [-0.05, 0) is 49.6 Å². The van der Waals surface area contributed by atoms with E-state index < -0.39 is 5.82 Å². The number of nitrogens with zero attached hydrogens (tertiary/aromatic N) is 5. The van der Waals surface area contributed by atoms with Crippen LogP contribution >= 0.6 is 0 Å². The van der Waals surface area contributed by atoms with Gasteiger partial charge >= 0.3 is 0 Å². The number of fused-ring (bicyclic) bond motifs is 1. The van der Waals surface area contributed by atoms with Crippen LogP contribution < -0.4 is 25.0 Å². The average Bonchev–Trinajstić information content (AvgIpc) is 3.56. The van der Waals surface area contributed by atoms with Crippen molar-refractivity contribution in [3.63, 3.8) is 0 Å². The number of pyridine rings is 1. The zero-order valence-corrected chi connectivity index (χ0v) is 25.3. The predicted octanol–water partition coefficient (Wildman–Crippen LogP) is 5.52. The SMILES string of the molecule is C=CC(=O)N1CCC(Nc2cc3c(Nc4ccc(Oc5ccnc(N6CC[C@H](OC)C6)c5)cc4F)ncnc3cc2OC)CC1. The highest BCUT2D eigenvalue weighted by atomic mass is 19.1. The first kappa shape index (κ1) is 30.1. The van der Waals surface area contributed by atoms with Crippen molar-refractivity contribution in [1.29, 1.82) is 0 Å². The van der Waals surface area contributed by atoms with E-state index in [-0.39, 0.29) is 23.7 Å². The van der Waals surface area contributed by atoms with Crippen LogP contribution in [0.1, 0.15) is 19.3 Å². The van der Waals surface area contributed by atoms with Crippen molar-refractivity contribution in [3.8, 4) is 17.2 Å². The first-order valence-electron chi connectivity index (χ1n) is 14.9. The molecule has 0 bridgehead atoms. The number of likely N-dealkylation sites (tertiary alicyclic amines) is 1. The van der Waals surface area contributed by atoms with Crippen LogP contribution in [-0.4, -0.2) is 78.3 Å². The van der Waals surface area contributed by atoms with Gasteiger partial charge in [-0.15, -0.1) is 0 Å². The van der Waals surface area contributed by atoms with Crippen LogP contribution in [0.15, 0.2) is 67.6 Å². The maximum absolute atomic E-state index is 15.4. The molecule has 1 amide bonds. The molecule has 0 aliphatic carbocycles. The second-order valence-electron chi connectivity index (χ2n) is 11.1. The number of nitrogens with one attached hydrogen (secondary N) is 2. The summed E-state index contributed by atoms with van der Waals surface area (Å²) in [7, 11) is 3.32. The van der Waals surface area contributed by atoms with Crippen molar-refractivity contribution < 1.29 is 23.4 Å². The number of hydrogen-bond acceptors (Lipinski definition) is 10. The molecular formula is C33H36FN7O4. The molecule has 45 heavy (non-hydrogen) atoms. The van der Waals surface area contributed by atoms with Gasteiger partial charge in [0.25, 0.3) is 0 Å². The molecule has 1 atom stereocenters. The number of aromatic nitrogens is 3. The summed E-state index contributed by atoms with van der Waals surface area (Å²) < 4.78 is 32.5. The molecule has 0 unspecified atom stereocenters. The molecule has 2 N–H and O–H groups in total. The van der Waals surface area contributed by atoms with E-state index in [4.69, 9.17) is 14.2 Å². The summed E-state index contributed by atoms with van der Waals surface area (Å²) in [5, 5.41) is 7.37. The lowest BCUT2D eigenvalue weighted by Gasteiger charge is -2.32. The van der Waals surface area contributed by atoms with Gasteiger partial charge in [0.1, 0.15) is 41.0 Å². The fourth-order valence-corrected chi connectivity index (χ4v) is 5.75. The minimum atomic E-state index is -0.497. The lowest BCUT2D eigenvalue weighted by molar-refractivity contribution is -0.126. The van der Waals surface area contributed by atoms with E-state index >= 15 is 4.39 Å². The largest absolute Gasteiger partial charge is 0.495 e. The van der Waals surface area contributed by atoms with Gasteiger partial charge in [0.15, 0.2) is 0 Å². The van der Waals surface area contributed by atoms with Crippen molar-refractivity contribution in [2.75, 3.05) is 55.9 Å². The molecule has 0 radical (unpaired) electrons. The Bertz CT molecular complexity index is 1700. The zero-order chi connectivity index (χ0) is 31.3. The molecule has 4 heterocycles. The number of ether oxygens (including phenoxy) is 3. The van der Waals surface area contributed by atoms with Gasteiger partial charge in [0.05, 0.1) is 30.1 Å². The summed E-state index contributed by atoms with van der Waals surface area (Å²) in [4.78, 5) is 29.2. The van der Waals surface area contributed by atoms with E-state index in [1.165, 1.54) is 18.5 Å². The summed E-state index contributed by atoms with van der Waals surface area (Å²) in [6.07, 6.45) is 7.14. The number of carbonyl (C=O) groups excluding carboxylic acids is 1. The normalized spacial score (nSPS) is 16.9. The molecule has 2 aliphatic heterocycles. The number of piperidine rings is 1. The number of methoxy groups -OCH3 is 2. The lowest BCUT2D eigenvalue weighted by Crippen LogP contribution is -2.41. The molecule has 2 fully saturated rings. The van der Waals surface area contributed by atoms with Gasteiger partial charge in [-0.25, -0.2) is 19.3 Å². The Labute approximate surface area is 261 Å². The van der Waals surface area contributed by atoms with Crippen molar-refractivity contribution >= 4 is 39.8 Å². The van der Waals surface area contributed by atoms with Gasteiger partial charge in [-0.2, -0.15) is 0 Å². The molecule has 2 aromatic heterocycles. The van der Waals surface area contributed by atoms with Gasteiger partial charge in [0, 0.05) is 69.1 Å². The zero-order valence-electron chi connectivity index (χ0n) is 25.3. The van der Waals surface area contributed by atoms with Crippen molar-refractivity contribution in [1.82, 2.24) is 19.9 Å². The number of anilines is 4. The Kier molecular flexibility index (Phi) is 8.92. The van der Waals surface area contributed by atoms with Gasteiger partial charge in [0.2, 0.25) is 5.91 Å². The Morgan fingerprint density at radius 1 is 1.00 bits per heavy atom. The second kappa shape index (κ2) is 13.3. The van der Waals surface area contributed by atoms with Crippen LogP contribution in [0.3, 0.4) is 0 Å². The van der Waals surface area contributed by atoms with Crippen LogP contribution in [0.25, 0.3) is 10.9 Å². The summed E-state index contributed by atoms with van der Waals surface area (Å²) in [6, 6.07) is 12.1. The molecular weight excluding hydrogens is 577 g/mol. The lowest BCUT2D eigenvalue weighted by atomic mass is 10.0. The maximum Gasteiger partial charge on any atom is 0.245 e. The Morgan fingerprint density at radius 2 is 1.82 bits per heavy atom. The van der Waals surface area contributed by atoms with Crippen LogP contribution in [-0.2, 0) is 9.53 Å². The number of rotatable bonds is 10. The Balaban J connectivity index is 1.17. The average molecular weight is 614 g/mol. The number of halogens is 1. The van der Waals surface area contributed by atoms with Crippen molar-refractivity contribution in [3.05, 3.63) is 73.5 Å². The molecule has 2 aliphatic rings. The molecule has 12 heteroatoms. The minimum Gasteiger partial charge on any atom is -0.495 e. The highest BCUT2D eigenvalue weighted by molar-refractivity contribution is 5.95. The quantitative estimate of drug-likeness (QED) is 0.222. The standard InChI is InChI=1S/C33H36FN7O4/c1-4-32(42)40-12-8-21(9-13-40)38-29-17-25-28(18-30(29)44-3)36-20-37-33(25)39-27-6-5-22(15-26(27)34)45-23-7-11-35-31(16-23)41-14-10-24(19-41)43-2/h4-7,11,15-18,20-21,24,38H,1,8-10,12-14,19H2,2-3H3,(H,36,37,39)/t24-/m0/s1. The molecule has 11 nitrogen and oxygen atoms in total. The molecule has 2 aromatic carbocycles. The Hall–Kier alpha value is -4.97. The molecule has 6 rings (SSSR count). The first-order valence-corrected chi connectivity index (χ1v) is 14.9. The fraction of sp³-hybridized carbons (Fsp3) is 0.333. The van der Waals surface area contributed by atoms with Crippen LogP contribution in [0.5, 0.6) is 17.2 Å². The fourth-order valence-electron chi connectivity index (χ4n) is 5.75. The van der Waals surface area contributed by atoms with Crippen LogP contribution in [0.4, 0.5) is 27.4 Å². The summed E-state index contributed by atoms with van der Waals surface area (Å²) in [5.41, 5.74) is 1.65. The number of carbonyl (C=O) groups is 1. The summed E-state index contributed by atoms with van der Waals surface area (Å²) in [6.45, 7) is 6.48. The third-order valence-corrected chi connectivity index (χ3v) is 8.25. The molecule has 0 spiro atoms. The van der Waals surface area contributed by atoms with E-state index in [0.29, 0.717) is 47.1 Å². The minimum absolute atomic E-state index is 0.0542. The molecule has 2 saturated heterocycles. The molecule has 234 valence electrons. The second-order valence-corrected chi connectivity index (χ2v) is 11.1. The highest BCUT2D eigenvalue weighted by Crippen LogP contribution is 2.35. The molecule has 0 saturated carbocycles. The smallest absolute Gasteiger partial charge is 0.245 e. The van der Waals surface area contributed by atoms with Crippen LogP contribution in [0.2, 0.25) is 0 Å². The molecule has 4 aromatic rings. The highest BCUT2D eigenvalue weighted by Gasteiger charge is 2.24. The van der Waals surface area contributed by atoms with Crippen molar-refractivity contribution in [2.45, 2.75) is 31.4 Å². The van der Waals surface area contributed by atoms with E-state index in [9.17, 15) is 4.79 Å². The third-order valence-electron chi connectivity index (χ3n) is 8.25. The number of amides is 1. The number of benzene rings is 2.